The number of aliphatic carboxylic acids is 1. The molecule has 132 valence electrons. The van der Waals surface area contributed by atoms with Crippen molar-refractivity contribution in [3.8, 4) is 5.75 Å². The number of fused-ring (bicyclic) bond motifs is 1. The van der Waals surface area contributed by atoms with Crippen LogP contribution in [0.4, 0.5) is 0 Å². The van der Waals surface area contributed by atoms with Crippen LogP contribution in [0.2, 0.25) is 0 Å². The van der Waals surface area contributed by atoms with Crippen molar-refractivity contribution in [1.82, 2.24) is 15.1 Å². The third-order valence-corrected chi connectivity index (χ3v) is 4.29. The number of amides is 1. The molecule has 7 nitrogen and oxygen atoms in total. The predicted molar refractivity (Wildman–Crippen MR) is 90.8 cm³/mol. The largest absolute Gasteiger partial charge is 0.493 e. The van der Waals surface area contributed by atoms with Gasteiger partial charge in [0.15, 0.2) is 6.04 Å². The Morgan fingerprint density at radius 2 is 2.08 bits per heavy atom. The van der Waals surface area contributed by atoms with E-state index < -0.39 is 17.9 Å². The number of hydrogen-bond acceptors (Lipinski definition) is 4. The Balaban J connectivity index is 1.85. The summed E-state index contributed by atoms with van der Waals surface area (Å²) < 4.78 is 6.91. The zero-order valence-corrected chi connectivity index (χ0v) is 14.4. The molecular formula is C18H21N3O4. The summed E-state index contributed by atoms with van der Waals surface area (Å²) in [5, 5.41) is 16.5. The summed E-state index contributed by atoms with van der Waals surface area (Å²) in [5.41, 5.74) is 2.60. The quantitative estimate of drug-likeness (QED) is 0.866. The summed E-state index contributed by atoms with van der Waals surface area (Å²) in [7, 11) is 1.67. The van der Waals surface area contributed by atoms with Gasteiger partial charge in [-0.1, -0.05) is 19.9 Å². The minimum absolute atomic E-state index is 0.180. The number of nitrogens with one attached hydrogen (secondary N) is 1. The summed E-state index contributed by atoms with van der Waals surface area (Å²) >= 11 is 0. The van der Waals surface area contributed by atoms with Crippen LogP contribution in [-0.4, -0.2) is 33.4 Å². The molecule has 1 atom stereocenters. The highest BCUT2D eigenvalue weighted by atomic mass is 16.5. The third-order valence-electron chi connectivity index (χ3n) is 4.29. The molecule has 3 rings (SSSR count). The van der Waals surface area contributed by atoms with Crippen molar-refractivity contribution in [2.75, 3.05) is 6.61 Å². The lowest BCUT2D eigenvalue weighted by Crippen LogP contribution is -2.34. The highest BCUT2D eigenvalue weighted by Gasteiger charge is 2.26. The first-order chi connectivity index (χ1) is 11.9. The Labute approximate surface area is 145 Å². The number of rotatable bonds is 5. The van der Waals surface area contributed by atoms with E-state index in [9.17, 15) is 14.7 Å². The van der Waals surface area contributed by atoms with Crippen LogP contribution < -0.4 is 10.1 Å². The number of ether oxygens (including phenoxy) is 1. The van der Waals surface area contributed by atoms with Crippen LogP contribution in [0.5, 0.6) is 5.75 Å². The van der Waals surface area contributed by atoms with Crippen LogP contribution in [-0.2, 0) is 18.3 Å². The van der Waals surface area contributed by atoms with Gasteiger partial charge in [-0.25, -0.2) is 4.79 Å². The van der Waals surface area contributed by atoms with Crippen LogP contribution in [0.1, 0.15) is 53.1 Å². The fourth-order valence-electron chi connectivity index (χ4n) is 2.86. The molecule has 0 bridgehead atoms. The first kappa shape index (κ1) is 17.0. The van der Waals surface area contributed by atoms with Gasteiger partial charge in [0, 0.05) is 13.5 Å². The fourth-order valence-corrected chi connectivity index (χ4v) is 2.86. The molecule has 1 aliphatic heterocycles. The molecule has 7 heteroatoms. The van der Waals surface area contributed by atoms with E-state index in [2.05, 4.69) is 10.4 Å². The van der Waals surface area contributed by atoms with Crippen molar-refractivity contribution in [3.63, 3.8) is 0 Å². The van der Waals surface area contributed by atoms with Gasteiger partial charge in [0.1, 0.15) is 11.4 Å². The summed E-state index contributed by atoms with van der Waals surface area (Å²) in [6, 6.07) is 5.77. The van der Waals surface area contributed by atoms with Crippen LogP contribution in [0.25, 0.3) is 0 Å². The van der Waals surface area contributed by atoms with Crippen molar-refractivity contribution >= 4 is 11.9 Å². The molecule has 1 aromatic heterocycles. The molecule has 1 amide bonds. The Bertz CT molecular complexity index is 826. The first-order valence-corrected chi connectivity index (χ1v) is 8.20. The molecule has 0 saturated heterocycles. The smallest absolute Gasteiger partial charge is 0.330 e. The Hall–Kier alpha value is -2.83. The van der Waals surface area contributed by atoms with E-state index in [1.807, 2.05) is 13.8 Å². The molecule has 0 fully saturated rings. The second-order valence-electron chi connectivity index (χ2n) is 6.44. The van der Waals surface area contributed by atoms with Crippen molar-refractivity contribution < 1.29 is 19.4 Å². The predicted octanol–water partition coefficient (Wildman–Crippen LogP) is 2.03. The molecule has 2 heterocycles. The molecule has 1 aliphatic rings. The van der Waals surface area contributed by atoms with Crippen molar-refractivity contribution in [1.29, 1.82) is 0 Å². The minimum atomic E-state index is -1.13. The molecule has 0 saturated carbocycles. The summed E-state index contributed by atoms with van der Waals surface area (Å²) in [4.78, 5) is 24.3. The fraction of sp³-hybridized carbons (Fsp3) is 0.389. The van der Waals surface area contributed by atoms with E-state index in [0.717, 1.165) is 23.4 Å². The summed E-state index contributed by atoms with van der Waals surface area (Å²) in [6.45, 7) is 4.56. The van der Waals surface area contributed by atoms with Gasteiger partial charge in [-0.2, -0.15) is 5.10 Å². The number of carbonyl (C=O) groups excluding carboxylic acids is 1. The Morgan fingerprint density at radius 1 is 1.32 bits per heavy atom. The average Bonchev–Trinajstić information content (AvgIpc) is 3.17. The molecule has 1 aromatic carbocycles. The van der Waals surface area contributed by atoms with Gasteiger partial charge in [0.2, 0.25) is 0 Å². The van der Waals surface area contributed by atoms with E-state index >= 15 is 0 Å². The lowest BCUT2D eigenvalue weighted by Gasteiger charge is -2.15. The Kier molecular flexibility index (Phi) is 4.48. The van der Waals surface area contributed by atoms with Gasteiger partial charge in [0.05, 0.1) is 12.3 Å². The van der Waals surface area contributed by atoms with Gasteiger partial charge in [-0.05, 0) is 35.2 Å². The number of carbonyl (C=O) groups is 2. The lowest BCUT2D eigenvalue weighted by atomic mass is 10.0. The van der Waals surface area contributed by atoms with Crippen LogP contribution >= 0.6 is 0 Å². The number of nitrogens with zero attached hydrogens (tertiary/aromatic N) is 2. The number of aryl methyl sites for hydroxylation is 1. The first-order valence-electron chi connectivity index (χ1n) is 8.20. The summed E-state index contributed by atoms with van der Waals surface area (Å²) in [6.07, 6.45) is 0.739. The number of benzene rings is 1. The highest BCUT2D eigenvalue weighted by molar-refractivity contribution is 5.95. The number of hydrogen-bond donors (Lipinski definition) is 2. The van der Waals surface area contributed by atoms with Crippen LogP contribution in [0.15, 0.2) is 24.3 Å². The van der Waals surface area contributed by atoms with Gasteiger partial charge in [-0.15, -0.1) is 0 Å². The van der Waals surface area contributed by atoms with E-state index in [-0.39, 0.29) is 5.92 Å². The van der Waals surface area contributed by atoms with Gasteiger partial charge >= 0.3 is 5.97 Å². The van der Waals surface area contributed by atoms with Gasteiger partial charge < -0.3 is 15.2 Å². The van der Waals surface area contributed by atoms with E-state index in [1.165, 1.54) is 4.68 Å². The maximum Gasteiger partial charge on any atom is 0.330 e. The molecule has 1 unspecified atom stereocenters. The maximum absolute atomic E-state index is 12.6. The van der Waals surface area contributed by atoms with Crippen molar-refractivity contribution in [3.05, 3.63) is 46.8 Å². The van der Waals surface area contributed by atoms with Gasteiger partial charge in [0.25, 0.3) is 5.91 Å². The van der Waals surface area contributed by atoms with E-state index in [0.29, 0.717) is 17.9 Å². The molecule has 0 radical (unpaired) electrons. The monoisotopic (exact) mass is 343 g/mol. The van der Waals surface area contributed by atoms with Gasteiger partial charge in [-0.3, -0.25) is 9.48 Å². The van der Waals surface area contributed by atoms with Crippen LogP contribution in [0, 0.1) is 0 Å². The number of carboxylic acids is 1. The normalized spacial score (nSPS) is 14.1. The van der Waals surface area contributed by atoms with E-state index in [4.69, 9.17) is 4.74 Å². The lowest BCUT2D eigenvalue weighted by molar-refractivity contribution is -0.139. The Morgan fingerprint density at radius 3 is 2.72 bits per heavy atom. The zero-order valence-electron chi connectivity index (χ0n) is 14.4. The zero-order chi connectivity index (χ0) is 18.1. The van der Waals surface area contributed by atoms with E-state index in [1.54, 1.807) is 31.3 Å². The topological polar surface area (TPSA) is 93.5 Å². The SMILES string of the molecule is CC(C)c1cc(C(=O)NC(C(=O)O)c2ccc3c(c2)CCO3)n(C)n1. The minimum Gasteiger partial charge on any atom is -0.493 e. The summed E-state index contributed by atoms with van der Waals surface area (Å²) in [5.74, 6) is -0.628. The molecule has 25 heavy (non-hydrogen) atoms. The average molecular weight is 343 g/mol. The molecule has 2 N–H and O–H groups in total. The number of carboxylic acid groups (broad SMARTS) is 1. The third kappa shape index (κ3) is 3.35. The van der Waals surface area contributed by atoms with Crippen molar-refractivity contribution in [2.24, 2.45) is 7.05 Å². The molecule has 0 spiro atoms. The van der Waals surface area contributed by atoms with Crippen LogP contribution in [0.3, 0.4) is 0 Å². The standard InChI is InChI=1S/C18H21N3O4/c1-10(2)13-9-14(21(3)20-13)17(22)19-16(18(23)24)12-4-5-15-11(8-12)6-7-25-15/h4-5,8-10,16H,6-7H2,1-3H3,(H,19,22)(H,23,24). The van der Waals surface area contributed by atoms with Crippen molar-refractivity contribution in [2.45, 2.75) is 32.2 Å². The second-order valence-corrected chi connectivity index (χ2v) is 6.44. The molecular weight excluding hydrogens is 322 g/mol. The molecule has 0 aliphatic carbocycles. The maximum atomic E-state index is 12.6. The number of aromatic nitrogens is 2. The second kappa shape index (κ2) is 6.58. The highest BCUT2D eigenvalue weighted by Crippen LogP contribution is 2.28. The molecule has 2 aromatic rings.